The molecule has 2 aromatic carbocycles. The highest BCUT2D eigenvalue weighted by molar-refractivity contribution is 9.10. The van der Waals surface area contributed by atoms with Crippen molar-refractivity contribution < 1.29 is 4.74 Å². The summed E-state index contributed by atoms with van der Waals surface area (Å²) < 4.78 is 6.88. The Balaban J connectivity index is 1.81. The molecule has 0 saturated heterocycles. The van der Waals surface area contributed by atoms with E-state index in [0.29, 0.717) is 5.92 Å². The van der Waals surface area contributed by atoms with E-state index < -0.39 is 0 Å². The molecule has 0 aliphatic heterocycles. The zero-order valence-electron chi connectivity index (χ0n) is 12.2. The Morgan fingerprint density at radius 2 is 1.86 bits per heavy atom. The summed E-state index contributed by atoms with van der Waals surface area (Å²) in [5, 5.41) is 1.00. The van der Waals surface area contributed by atoms with Gasteiger partial charge in [-0.05, 0) is 49.4 Å². The van der Waals surface area contributed by atoms with Gasteiger partial charge in [-0.3, -0.25) is 0 Å². The molecule has 1 nitrogen and oxygen atoms in total. The predicted molar refractivity (Wildman–Crippen MR) is 96.4 cm³/mol. The second-order valence-corrected chi connectivity index (χ2v) is 6.87. The Labute approximate surface area is 144 Å². The van der Waals surface area contributed by atoms with Crippen LogP contribution >= 0.6 is 31.9 Å². The monoisotopic (exact) mass is 410 g/mol. The highest BCUT2D eigenvalue weighted by Gasteiger charge is 2.09. The molecule has 0 aliphatic rings. The van der Waals surface area contributed by atoms with Gasteiger partial charge < -0.3 is 4.74 Å². The lowest BCUT2D eigenvalue weighted by Crippen LogP contribution is -2.11. The van der Waals surface area contributed by atoms with Crippen molar-refractivity contribution in [2.45, 2.75) is 19.8 Å². The van der Waals surface area contributed by atoms with Gasteiger partial charge in [0, 0.05) is 9.80 Å². The summed E-state index contributed by atoms with van der Waals surface area (Å²) in [6.07, 6.45) is 2.14. The smallest absolute Gasteiger partial charge is 0.120 e. The van der Waals surface area contributed by atoms with E-state index in [0.717, 1.165) is 35.0 Å². The van der Waals surface area contributed by atoms with Crippen molar-refractivity contribution in [3.05, 3.63) is 64.1 Å². The Bertz CT molecular complexity index is 551. The molecule has 112 valence electrons. The number of rotatable bonds is 7. The quantitative estimate of drug-likeness (QED) is 0.524. The molecule has 0 radical (unpaired) electrons. The third-order valence-electron chi connectivity index (χ3n) is 3.45. The van der Waals surface area contributed by atoms with E-state index >= 15 is 0 Å². The van der Waals surface area contributed by atoms with E-state index in [4.69, 9.17) is 4.74 Å². The van der Waals surface area contributed by atoms with Crippen LogP contribution in [0.4, 0.5) is 0 Å². The van der Waals surface area contributed by atoms with E-state index in [-0.39, 0.29) is 0 Å². The second kappa shape index (κ2) is 8.60. The lowest BCUT2D eigenvalue weighted by molar-refractivity contribution is 0.285. The maximum Gasteiger partial charge on any atom is 0.120 e. The number of alkyl halides is 1. The largest absolute Gasteiger partial charge is 0.494 e. The number of ether oxygens (including phenoxy) is 1. The molecule has 0 heterocycles. The van der Waals surface area contributed by atoms with Crippen molar-refractivity contribution in [1.29, 1.82) is 0 Å². The van der Waals surface area contributed by atoms with Gasteiger partial charge in [-0.25, -0.2) is 0 Å². The first-order chi connectivity index (χ1) is 10.2. The average molecular weight is 412 g/mol. The molecule has 1 atom stereocenters. The van der Waals surface area contributed by atoms with Gasteiger partial charge in [0.15, 0.2) is 0 Å². The summed E-state index contributed by atoms with van der Waals surface area (Å²) in [6.45, 7) is 2.87. The molecular formula is C18H20Br2O. The first-order valence-electron chi connectivity index (χ1n) is 7.17. The van der Waals surface area contributed by atoms with Crippen LogP contribution in [0.3, 0.4) is 0 Å². The first-order valence-corrected chi connectivity index (χ1v) is 9.08. The van der Waals surface area contributed by atoms with Crippen LogP contribution in [-0.2, 0) is 6.42 Å². The Hall–Kier alpha value is -0.800. The van der Waals surface area contributed by atoms with Crippen LogP contribution in [0.1, 0.15) is 17.5 Å². The SMILES string of the molecule is Cc1ccc(CC(CBr)CCOc2cccc(Br)c2)cc1. The van der Waals surface area contributed by atoms with Crippen LogP contribution in [-0.4, -0.2) is 11.9 Å². The van der Waals surface area contributed by atoms with E-state index in [1.54, 1.807) is 0 Å². The van der Waals surface area contributed by atoms with Crippen molar-refractivity contribution in [3.8, 4) is 5.75 Å². The summed E-state index contributed by atoms with van der Waals surface area (Å²) in [5.74, 6) is 1.52. The topological polar surface area (TPSA) is 9.23 Å². The van der Waals surface area contributed by atoms with E-state index in [1.165, 1.54) is 11.1 Å². The molecule has 0 saturated carbocycles. The molecule has 0 spiro atoms. The zero-order chi connectivity index (χ0) is 15.1. The van der Waals surface area contributed by atoms with E-state index in [9.17, 15) is 0 Å². The van der Waals surface area contributed by atoms with E-state index in [1.807, 2.05) is 24.3 Å². The molecule has 3 heteroatoms. The third-order valence-corrected chi connectivity index (χ3v) is 4.86. The molecule has 21 heavy (non-hydrogen) atoms. The molecular weight excluding hydrogens is 392 g/mol. The summed E-state index contributed by atoms with van der Waals surface area (Å²) in [5.41, 5.74) is 2.71. The van der Waals surface area contributed by atoms with Crippen LogP contribution in [0.15, 0.2) is 53.0 Å². The first kappa shape index (κ1) is 16.6. The van der Waals surface area contributed by atoms with Gasteiger partial charge in [-0.2, -0.15) is 0 Å². The normalized spacial score (nSPS) is 12.1. The average Bonchev–Trinajstić information content (AvgIpc) is 2.48. The molecule has 0 bridgehead atoms. The van der Waals surface area contributed by atoms with Crippen LogP contribution < -0.4 is 4.74 Å². The number of hydrogen-bond acceptors (Lipinski definition) is 1. The lowest BCUT2D eigenvalue weighted by atomic mass is 9.98. The van der Waals surface area contributed by atoms with Crippen molar-refractivity contribution in [2.24, 2.45) is 5.92 Å². The van der Waals surface area contributed by atoms with Crippen molar-refractivity contribution in [2.75, 3.05) is 11.9 Å². The van der Waals surface area contributed by atoms with E-state index in [2.05, 4.69) is 63.0 Å². The van der Waals surface area contributed by atoms with Gasteiger partial charge in [-0.1, -0.05) is 67.8 Å². The molecule has 0 fully saturated rings. The third kappa shape index (κ3) is 5.84. The fourth-order valence-electron chi connectivity index (χ4n) is 2.19. The standard InChI is InChI=1S/C18H20Br2O/c1-14-5-7-15(8-6-14)11-16(13-19)9-10-21-18-4-2-3-17(20)12-18/h2-8,12,16H,9-11,13H2,1H3. The molecule has 0 amide bonds. The number of halogens is 2. The maximum atomic E-state index is 5.83. The van der Waals surface area contributed by atoms with Gasteiger partial charge in [0.25, 0.3) is 0 Å². The van der Waals surface area contributed by atoms with Crippen LogP contribution in [0.2, 0.25) is 0 Å². The Kier molecular flexibility index (Phi) is 6.78. The predicted octanol–water partition coefficient (Wildman–Crippen LogP) is 5.78. The minimum absolute atomic E-state index is 0.597. The number of hydrogen-bond donors (Lipinski definition) is 0. The minimum atomic E-state index is 0.597. The lowest BCUT2D eigenvalue weighted by Gasteiger charge is -2.15. The van der Waals surface area contributed by atoms with Gasteiger partial charge >= 0.3 is 0 Å². The fourth-order valence-corrected chi connectivity index (χ4v) is 3.12. The van der Waals surface area contributed by atoms with Gasteiger partial charge in [0.2, 0.25) is 0 Å². The maximum absolute atomic E-state index is 5.83. The molecule has 0 N–H and O–H groups in total. The van der Waals surface area contributed by atoms with Crippen LogP contribution in [0, 0.1) is 12.8 Å². The molecule has 1 unspecified atom stereocenters. The Morgan fingerprint density at radius 3 is 2.52 bits per heavy atom. The van der Waals surface area contributed by atoms with Crippen LogP contribution in [0.25, 0.3) is 0 Å². The van der Waals surface area contributed by atoms with Gasteiger partial charge in [0.05, 0.1) is 6.61 Å². The molecule has 0 aliphatic carbocycles. The summed E-state index contributed by atoms with van der Waals surface area (Å²) in [4.78, 5) is 0. The van der Waals surface area contributed by atoms with Crippen LogP contribution in [0.5, 0.6) is 5.75 Å². The zero-order valence-corrected chi connectivity index (χ0v) is 15.4. The summed E-state index contributed by atoms with van der Waals surface area (Å²) in [7, 11) is 0. The van der Waals surface area contributed by atoms with Gasteiger partial charge in [-0.15, -0.1) is 0 Å². The number of benzene rings is 2. The minimum Gasteiger partial charge on any atom is -0.494 e. The number of aryl methyl sites for hydroxylation is 1. The fraction of sp³-hybridized carbons (Fsp3) is 0.333. The molecule has 2 aromatic rings. The van der Waals surface area contributed by atoms with Gasteiger partial charge in [0.1, 0.15) is 5.75 Å². The van der Waals surface area contributed by atoms with Crippen molar-refractivity contribution >= 4 is 31.9 Å². The Morgan fingerprint density at radius 1 is 1.10 bits per heavy atom. The molecule has 0 aromatic heterocycles. The molecule has 2 rings (SSSR count). The van der Waals surface area contributed by atoms with Crippen molar-refractivity contribution in [1.82, 2.24) is 0 Å². The summed E-state index contributed by atoms with van der Waals surface area (Å²) >= 11 is 7.08. The second-order valence-electron chi connectivity index (χ2n) is 5.30. The summed E-state index contributed by atoms with van der Waals surface area (Å²) in [6, 6.07) is 16.8. The highest BCUT2D eigenvalue weighted by atomic mass is 79.9. The van der Waals surface area contributed by atoms with Crippen molar-refractivity contribution in [3.63, 3.8) is 0 Å². The highest BCUT2D eigenvalue weighted by Crippen LogP contribution is 2.20.